The summed E-state index contributed by atoms with van der Waals surface area (Å²) in [6.45, 7) is 0. The Labute approximate surface area is 173 Å². The fraction of sp³-hybridized carbons (Fsp3) is 0.0833. The number of aromatic nitrogens is 3. The van der Waals surface area contributed by atoms with Crippen molar-refractivity contribution in [2.75, 3.05) is 0 Å². The molecule has 1 aliphatic heterocycles. The number of hydrogen-bond donors (Lipinski definition) is 0. The second kappa shape index (κ2) is 7.75. The third kappa shape index (κ3) is 3.28. The van der Waals surface area contributed by atoms with Crippen LogP contribution < -0.4 is 0 Å². The second-order valence-electron chi connectivity index (χ2n) is 6.97. The molecule has 5 rings (SSSR count). The van der Waals surface area contributed by atoms with Crippen LogP contribution in [-0.4, -0.2) is 26.5 Å². The van der Waals surface area contributed by atoms with Gasteiger partial charge in [-0.2, -0.15) is 9.90 Å². The molecule has 6 nitrogen and oxygen atoms in total. The van der Waals surface area contributed by atoms with Crippen LogP contribution in [0, 0.1) is 5.92 Å². The summed E-state index contributed by atoms with van der Waals surface area (Å²) in [7, 11) is 0. The van der Waals surface area contributed by atoms with Crippen molar-refractivity contribution in [2.45, 2.75) is 6.10 Å². The fourth-order valence-electron chi connectivity index (χ4n) is 3.58. The van der Waals surface area contributed by atoms with Crippen LogP contribution in [0.5, 0.6) is 0 Å². The van der Waals surface area contributed by atoms with Gasteiger partial charge < -0.3 is 4.84 Å². The minimum Gasteiger partial charge on any atom is -0.384 e. The van der Waals surface area contributed by atoms with E-state index in [1.807, 2.05) is 78.9 Å². The maximum Gasteiger partial charge on any atom is 0.188 e. The average Bonchev–Trinajstić information content (AvgIpc) is 3.48. The molecule has 2 unspecified atom stereocenters. The fourth-order valence-corrected chi connectivity index (χ4v) is 3.58. The lowest BCUT2D eigenvalue weighted by Crippen LogP contribution is -2.27. The highest BCUT2D eigenvalue weighted by Gasteiger charge is 2.43. The molecular formula is C24H18N4O2. The first-order valence-corrected chi connectivity index (χ1v) is 9.67. The summed E-state index contributed by atoms with van der Waals surface area (Å²) in [6, 6.07) is 28.4. The quantitative estimate of drug-likeness (QED) is 0.475. The zero-order valence-electron chi connectivity index (χ0n) is 16.0. The Kier molecular flexibility index (Phi) is 4.65. The molecule has 0 saturated carbocycles. The van der Waals surface area contributed by atoms with Gasteiger partial charge >= 0.3 is 0 Å². The summed E-state index contributed by atoms with van der Waals surface area (Å²) in [5.41, 5.74) is 3.45. The van der Waals surface area contributed by atoms with Gasteiger partial charge in [0.15, 0.2) is 11.9 Å². The molecule has 0 amide bonds. The second-order valence-corrected chi connectivity index (χ2v) is 6.97. The molecule has 4 aromatic rings. The van der Waals surface area contributed by atoms with Gasteiger partial charge in [-0.3, -0.25) is 4.79 Å². The van der Waals surface area contributed by atoms with Crippen molar-refractivity contribution in [3.05, 3.63) is 114 Å². The minimum atomic E-state index is -0.648. The van der Waals surface area contributed by atoms with Gasteiger partial charge in [-0.05, 0) is 12.1 Å². The van der Waals surface area contributed by atoms with Crippen LogP contribution in [0.1, 0.15) is 27.7 Å². The molecule has 30 heavy (non-hydrogen) atoms. The number of nitrogens with zero attached hydrogens (tertiary/aromatic N) is 4. The van der Waals surface area contributed by atoms with Gasteiger partial charge in [0, 0.05) is 11.1 Å². The predicted octanol–water partition coefficient (Wildman–Crippen LogP) is 4.24. The Balaban J connectivity index is 1.53. The molecule has 6 heteroatoms. The third-order valence-corrected chi connectivity index (χ3v) is 5.06. The van der Waals surface area contributed by atoms with Gasteiger partial charge in [-0.15, -0.1) is 5.10 Å². The Morgan fingerprint density at radius 2 is 1.47 bits per heavy atom. The monoisotopic (exact) mass is 394 g/mol. The van der Waals surface area contributed by atoms with Crippen LogP contribution in [-0.2, 0) is 4.84 Å². The molecular weight excluding hydrogens is 376 g/mol. The summed E-state index contributed by atoms with van der Waals surface area (Å²) in [5, 5.41) is 13.2. The van der Waals surface area contributed by atoms with Crippen molar-refractivity contribution in [2.24, 2.45) is 11.1 Å². The molecule has 0 spiro atoms. The van der Waals surface area contributed by atoms with Crippen molar-refractivity contribution >= 4 is 11.5 Å². The van der Waals surface area contributed by atoms with Crippen LogP contribution >= 0.6 is 0 Å². The molecule has 3 aromatic carbocycles. The lowest BCUT2D eigenvalue weighted by Gasteiger charge is -2.16. The smallest absolute Gasteiger partial charge is 0.188 e. The summed E-state index contributed by atoms with van der Waals surface area (Å²) < 4.78 is 0. The standard InChI is InChI=1S/C24H18N4O2/c29-23(18-12-6-2-7-13-18)21-22(17-10-4-1-5-11-17)27-30-24(21)20-16-25-28(26-20)19-14-8-3-9-15-19/h1-16,21,24H. The highest BCUT2D eigenvalue weighted by atomic mass is 16.6. The minimum absolute atomic E-state index is 0.0602. The zero-order valence-corrected chi connectivity index (χ0v) is 16.0. The summed E-state index contributed by atoms with van der Waals surface area (Å²) in [6.07, 6.45) is 0.984. The number of rotatable bonds is 5. The normalized spacial score (nSPS) is 17.9. The van der Waals surface area contributed by atoms with Gasteiger partial charge in [0.25, 0.3) is 0 Å². The highest BCUT2D eigenvalue weighted by Crippen LogP contribution is 2.36. The number of carbonyl (C=O) groups excluding carboxylic acids is 1. The lowest BCUT2D eigenvalue weighted by atomic mass is 9.85. The van der Waals surface area contributed by atoms with Crippen LogP contribution in [0.15, 0.2) is 102 Å². The molecule has 0 saturated heterocycles. The maximum absolute atomic E-state index is 13.5. The van der Waals surface area contributed by atoms with Crippen molar-refractivity contribution < 1.29 is 9.63 Å². The van der Waals surface area contributed by atoms with Crippen molar-refractivity contribution in [1.29, 1.82) is 0 Å². The van der Waals surface area contributed by atoms with Crippen LogP contribution in [0.25, 0.3) is 5.69 Å². The molecule has 2 heterocycles. The Morgan fingerprint density at radius 1 is 0.833 bits per heavy atom. The summed E-state index contributed by atoms with van der Waals surface area (Å²) in [5.74, 6) is -0.675. The highest BCUT2D eigenvalue weighted by molar-refractivity contribution is 6.19. The molecule has 0 bridgehead atoms. The number of benzene rings is 3. The number of oxime groups is 1. The van der Waals surface area contributed by atoms with E-state index in [1.54, 1.807) is 18.3 Å². The first kappa shape index (κ1) is 18.0. The number of para-hydroxylation sites is 1. The van der Waals surface area contributed by atoms with E-state index in [0.29, 0.717) is 17.0 Å². The van der Waals surface area contributed by atoms with Crippen molar-refractivity contribution in [3.8, 4) is 5.69 Å². The molecule has 0 radical (unpaired) electrons. The molecule has 1 aliphatic rings. The van der Waals surface area contributed by atoms with E-state index < -0.39 is 12.0 Å². The van der Waals surface area contributed by atoms with Gasteiger partial charge in [0.05, 0.1) is 11.9 Å². The Bertz CT molecular complexity index is 1190. The first-order valence-electron chi connectivity index (χ1n) is 9.67. The van der Waals surface area contributed by atoms with E-state index in [-0.39, 0.29) is 5.78 Å². The first-order chi connectivity index (χ1) is 14.8. The van der Waals surface area contributed by atoms with E-state index in [4.69, 9.17) is 4.84 Å². The molecule has 146 valence electrons. The Morgan fingerprint density at radius 3 is 2.17 bits per heavy atom. The van der Waals surface area contributed by atoms with Crippen LogP contribution in [0.3, 0.4) is 0 Å². The largest absolute Gasteiger partial charge is 0.384 e. The molecule has 0 fully saturated rings. The summed E-state index contributed by atoms with van der Waals surface area (Å²) >= 11 is 0. The molecule has 0 aliphatic carbocycles. The Hall–Kier alpha value is -4.06. The number of Topliss-reactive ketones (excluding diaryl/α,β-unsaturated/α-hetero) is 1. The van der Waals surface area contributed by atoms with Gasteiger partial charge in [-0.1, -0.05) is 84.0 Å². The van der Waals surface area contributed by atoms with E-state index in [9.17, 15) is 4.79 Å². The number of hydrogen-bond acceptors (Lipinski definition) is 5. The zero-order chi connectivity index (χ0) is 20.3. The molecule has 2 atom stereocenters. The van der Waals surface area contributed by atoms with Crippen molar-refractivity contribution in [3.63, 3.8) is 0 Å². The van der Waals surface area contributed by atoms with Crippen molar-refractivity contribution in [1.82, 2.24) is 15.0 Å². The van der Waals surface area contributed by atoms with E-state index in [2.05, 4.69) is 15.4 Å². The maximum atomic E-state index is 13.5. The van der Waals surface area contributed by atoms with E-state index in [0.717, 1.165) is 11.3 Å². The molecule has 1 aromatic heterocycles. The lowest BCUT2D eigenvalue weighted by molar-refractivity contribution is 0.0509. The van der Waals surface area contributed by atoms with Gasteiger partial charge in [0.1, 0.15) is 17.3 Å². The average molecular weight is 394 g/mol. The van der Waals surface area contributed by atoms with Gasteiger partial charge in [0.2, 0.25) is 0 Å². The van der Waals surface area contributed by atoms with Crippen LogP contribution in [0.4, 0.5) is 0 Å². The van der Waals surface area contributed by atoms with E-state index in [1.165, 1.54) is 4.80 Å². The molecule has 0 N–H and O–H groups in total. The SMILES string of the molecule is O=C(c1ccccc1)C1C(c2ccccc2)=NOC1c1cnn(-c2ccccc2)n1. The topological polar surface area (TPSA) is 69.4 Å². The van der Waals surface area contributed by atoms with Crippen LogP contribution in [0.2, 0.25) is 0 Å². The number of ketones is 1. The predicted molar refractivity (Wildman–Crippen MR) is 112 cm³/mol. The third-order valence-electron chi connectivity index (χ3n) is 5.06. The van der Waals surface area contributed by atoms with Gasteiger partial charge in [-0.25, -0.2) is 0 Å². The number of carbonyl (C=O) groups is 1. The summed E-state index contributed by atoms with van der Waals surface area (Å²) in [4.78, 5) is 20.8. The van der Waals surface area contributed by atoms with E-state index >= 15 is 0 Å².